The summed E-state index contributed by atoms with van der Waals surface area (Å²) in [5.41, 5.74) is 1.73. The highest BCUT2D eigenvalue weighted by Gasteiger charge is 2.23. The van der Waals surface area contributed by atoms with Crippen molar-refractivity contribution in [3.05, 3.63) is 22.5 Å². The van der Waals surface area contributed by atoms with Crippen LogP contribution in [-0.2, 0) is 0 Å². The molecule has 0 N–H and O–H groups in total. The molecular weight excluding hydrogens is 175 g/mol. The van der Waals surface area contributed by atoms with Gasteiger partial charge in [0.25, 0.3) is 0 Å². The van der Waals surface area contributed by atoms with E-state index in [1.54, 1.807) is 20.8 Å². The topological polar surface area (TPSA) is 0 Å². The van der Waals surface area contributed by atoms with Crippen LogP contribution in [0.15, 0.2) is 22.5 Å². The molecule has 0 saturated heterocycles. The Morgan fingerprint density at radius 1 is 1.14 bits per heavy atom. The molecule has 0 unspecified atom stereocenters. The van der Waals surface area contributed by atoms with Gasteiger partial charge in [0.15, 0.2) is 0 Å². The molecule has 0 fully saturated rings. The monoisotopic (exact) mass is 194 g/mol. The highest BCUT2D eigenvalue weighted by molar-refractivity contribution is 5.43. The zero-order valence-electron chi connectivity index (χ0n) is 9.96. The molecule has 0 aliphatic rings. The first-order valence-corrected chi connectivity index (χ1v) is 4.73. The third-order valence-electron chi connectivity index (χ3n) is 2.00. The molecule has 0 amide bonds. The average molecular weight is 194 g/mol. The SMILES string of the molecule is C#C/C(C)=C(\C(F)=C(C)C)C(C)(C)C. The Morgan fingerprint density at radius 3 is 1.79 bits per heavy atom. The fourth-order valence-corrected chi connectivity index (χ4v) is 1.38. The van der Waals surface area contributed by atoms with Crippen molar-refractivity contribution in [2.24, 2.45) is 5.41 Å². The fraction of sp³-hybridized carbons (Fsp3) is 0.538. The van der Waals surface area contributed by atoms with Crippen molar-refractivity contribution in [2.75, 3.05) is 0 Å². The number of halogens is 1. The average Bonchev–Trinajstić information content (AvgIpc) is 2.01. The van der Waals surface area contributed by atoms with E-state index in [9.17, 15) is 4.39 Å². The summed E-state index contributed by atoms with van der Waals surface area (Å²) in [6.45, 7) is 11.2. The molecule has 78 valence electrons. The van der Waals surface area contributed by atoms with E-state index in [4.69, 9.17) is 6.42 Å². The predicted octanol–water partition coefficient (Wildman–Crippen LogP) is 4.25. The van der Waals surface area contributed by atoms with E-state index in [0.29, 0.717) is 16.7 Å². The Hall–Kier alpha value is -1.03. The molecule has 0 heterocycles. The van der Waals surface area contributed by atoms with Crippen LogP contribution in [0.4, 0.5) is 4.39 Å². The summed E-state index contributed by atoms with van der Waals surface area (Å²) in [6, 6.07) is 0. The van der Waals surface area contributed by atoms with E-state index in [2.05, 4.69) is 5.92 Å². The molecule has 0 aromatic carbocycles. The van der Waals surface area contributed by atoms with Crippen LogP contribution in [0, 0.1) is 17.8 Å². The standard InChI is InChI=1S/C13H19F/c1-8-10(4)11(13(5,6)7)12(14)9(2)3/h1H,2-7H3/b11-10+. The predicted molar refractivity (Wildman–Crippen MR) is 60.5 cm³/mol. The maximum absolute atomic E-state index is 13.8. The number of hydrogen-bond donors (Lipinski definition) is 0. The van der Waals surface area contributed by atoms with Crippen molar-refractivity contribution in [3.63, 3.8) is 0 Å². The van der Waals surface area contributed by atoms with Gasteiger partial charge in [-0.15, -0.1) is 6.42 Å². The Kier molecular flexibility index (Phi) is 4.13. The van der Waals surface area contributed by atoms with Gasteiger partial charge in [-0.3, -0.25) is 0 Å². The minimum Gasteiger partial charge on any atom is -0.207 e. The summed E-state index contributed by atoms with van der Waals surface area (Å²) in [4.78, 5) is 0. The maximum atomic E-state index is 13.8. The van der Waals surface area contributed by atoms with E-state index in [-0.39, 0.29) is 11.2 Å². The third kappa shape index (κ3) is 3.03. The van der Waals surface area contributed by atoms with Crippen molar-refractivity contribution in [1.29, 1.82) is 0 Å². The van der Waals surface area contributed by atoms with Crippen LogP contribution >= 0.6 is 0 Å². The maximum Gasteiger partial charge on any atom is 0.126 e. The second-order valence-corrected chi connectivity index (χ2v) is 4.71. The highest BCUT2D eigenvalue weighted by atomic mass is 19.1. The van der Waals surface area contributed by atoms with Gasteiger partial charge in [-0.1, -0.05) is 26.7 Å². The number of rotatable bonds is 1. The van der Waals surface area contributed by atoms with Crippen LogP contribution in [0.2, 0.25) is 0 Å². The number of hydrogen-bond acceptors (Lipinski definition) is 0. The molecule has 0 spiro atoms. The van der Waals surface area contributed by atoms with Crippen molar-refractivity contribution in [3.8, 4) is 12.3 Å². The van der Waals surface area contributed by atoms with Crippen molar-refractivity contribution in [2.45, 2.75) is 41.5 Å². The van der Waals surface area contributed by atoms with Gasteiger partial charge in [-0.05, 0) is 31.8 Å². The molecule has 0 saturated carbocycles. The molecule has 0 rings (SSSR count). The Labute approximate surface area is 86.9 Å². The summed E-state index contributed by atoms with van der Waals surface area (Å²) in [5, 5.41) is 0. The minimum atomic E-state index is -0.252. The lowest BCUT2D eigenvalue weighted by Gasteiger charge is -2.23. The first kappa shape index (κ1) is 13.0. The summed E-state index contributed by atoms with van der Waals surface area (Å²) >= 11 is 0. The lowest BCUT2D eigenvalue weighted by atomic mass is 9.82. The van der Waals surface area contributed by atoms with Gasteiger partial charge in [0, 0.05) is 11.1 Å². The molecule has 0 aliphatic carbocycles. The van der Waals surface area contributed by atoms with E-state index >= 15 is 0 Å². The van der Waals surface area contributed by atoms with Gasteiger partial charge >= 0.3 is 0 Å². The van der Waals surface area contributed by atoms with Crippen LogP contribution in [-0.4, -0.2) is 0 Å². The zero-order valence-corrected chi connectivity index (χ0v) is 9.96. The number of terminal acetylenes is 1. The molecule has 0 aromatic heterocycles. The molecular formula is C13H19F. The van der Waals surface area contributed by atoms with Crippen LogP contribution < -0.4 is 0 Å². The zero-order chi connectivity index (χ0) is 11.5. The molecule has 0 nitrogen and oxygen atoms in total. The molecule has 0 radical (unpaired) electrons. The normalized spacial score (nSPS) is 13.0. The highest BCUT2D eigenvalue weighted by Crippen LogP contribution is 2.35. The van der Waals surface area contributed by atoms with E-state index in [1.807, 2.05) is 20.8 Å². The van der Waals surface area contributed by atoms with Gasteiger partial charge in [0.2, 0.25) is 0 Å². The third-order valence-corrected chi connectivity index (χ3v) is 2.00. The molecule has 0 aromatic rings. The molecule has 0 bridgehead atoms. The second-order valence-electron chi connectivity index (χ2n) is 4.71. The van der Waals surface area contributed by atoms with Crippen molar-refractivity contribution < 1.29 is 4.39 Å². The van der Waals surface area contributed by atoms with Gasteiger partial charge < -0.3 is 0 Å². The van der Waals surface area contributed by atoms with Crippen LogP contribution in [0.25, 0.3) is 0 Å². The summed E-state index contributed by atoms with van der Waals surface area (Å²) in [5.74, 6) is 2.34. The largest absolute Gasteiger partial charge is 0.207 e. The summed E-state index contributed by atoms with van der Waals surface area (Å²) in [7, 11) is 0. The van der Waals surface area contributed by atoms with Gasteiger partial charge in [-0.25, -0.2) is 4.39 Å². The first-order valence-electron chi connectivity index (χ1n) is 4.73. The molecule has 0 aliphatic heterocycles. The van der Waals surface area contributed by atoms with Crippen LogP contribution in [0.1, 0.15) is 41.5 Å². The molecule has 1 heteroatoms. The smallest absolute Gasteiger partial charge is 0.126 e. The lowest BCUT2D eigenvalue weighted by Crippen LogP contribution is -2.12. The van der Waals surface area contributed by atoms with Crippen molar-refractivity contribution in [1.82, 2.24) is 0 Å². The number of allylic oxidation sites excluding steroid dienone is 4. The Morgan fingerprint density at radius 2 is 1.57 bits per heavy atom. The van der Waals surface area contributed by atoms with Crippen LogP contribution in [0.3, 0.4) is 0 Å². The minimum absolute atomic E-state index is 0.173. The molecule has 0 atom stereocenters. The van der Waals surface area contributed by atoms with Gasteiger partial charge in [0.05, 0.1) is 0 Å². The van der Waals surface area contributed by atoms with Crippen molar-refractivity contribution >= 4 is 0 Å². The van der Waals surface area contributed by atoms with Gasteiger partial charge in [0.1, 0.15) is 5.83 Å². The van der Waals surface area contributed by atoms with Crippen LogP contribution in [0.5, 0.6) is 0 Å². The summed E-state index contributed by atoms with van der Waals surface area (Å²) in [6.07, 6.45) is 5.31. The lowest BCUT2D eigenvalue weighted by molar-refractivity contribution is 0.468. The quantitative estimate of drug-likeness (QED) is 0.432. The second kappa shape index (κ2) is 4.46. The Balaban J connectivity index is 5.65. The Bertz CT molecular complexity index is 312. The van der Waals surface area contributed by atoms with E-state index in [1.165, 1.54) is 0 Å². The van der Waals surface area contributed by atoms with E-state index < -0.39 is 0 Å². The fourth-order valence-electron chi connectivity index (χ4n) is 1.38. The summed E-state index contributed by atoms with van der Waals surface area (Å²) < 4.78 is 13.8. The van der Waals surface area contributed by atoms with E-state index in [0.717, 1.165) is 0 Å². The first-order chi connectivity index (χ1) is 6.21. The van der Waals surface area contributed by atoms with Gasteiger partial charge in [-0.2, -0.15) is 0 Å². The molecule has 14 heavy (non-hydrogen) atoms.